The number of nitrogens with one attached hydrogen (secondary N) is 1. The van der Waals surface area contributed by atoms with Crippen LogP contribution in [0.2, 0.25) is 5.02 Å². The molecular weight excluding hydrogens is 428 g/mol. The number of hydrogen-bond acceptors (Lipinski definition) is 3. The van der Waals surface area contributed by atoms with Gasteiger partial charge < -0.3 is 19.5 Å². The Morgan fingerprint density at radius 1 is 1.13 bits per heavy atom. The summed E-state index contributed by atoms with van der Waals surface area (Å²) in [5, 5.41) is 4.76. The van der Waals surface area contributed by atoms with Crippen molar-refractivity contribution in [3.8, 4) is 5.75 Å². The Labute approximate surface area is 193 Å². The molecule has 0 unspecified atom stereocenters. The van der Waals surface area contributed by atoms with Gasteiger partial charge in [0.1, 0.15) is 11.8 Å². The zero-order chi connectivity index (χ0) is 21.4. The maximum atomic E-state index is 6.48. The summed E-state index contributed by atoms with van der Waals surface area (Å²) >= 11 is 12.3. The fourth-order valence-corrected chi connectivity index (χ4v) is 5.51. The fraction of sp³-hybridized carbons (Fsp3) is 0.333. The molecule has 2 aromatic heterocycles. The van der Waals surface area contributed by atoms with E-state index in [1.165, 1.54) is 31.4 Å². The van der Waals surface area contributed by atoms with Crippen LogP contribution in [0.25, 0.3) is 0 Å². The molecule has 7 heteroatoms. The monoisotopic (exact) mass is 452 g/mol. The summed E-state index contributed by atoms with van der Waals surface area (Å²) in [7, 11) is 1.62. The number of methoxy groups -OCH3 is 1. The van der Waals surface area contributed by atoms with Crippen molar-refractivity contribution in [2.45, 2.75) is 43.8 Å². The lowest BCUT2D eigenvalue weighted by molar-refractivity contribution is 0.415. The average Bonchev–Trinajstić information content (AvgIpc) is 3.53. The Morgan fingerprint density at radius 2 is 1.97 bits per heavy atom. The summed E-state index contributed by atoms with van der Waals surface area (Å²) in [5.41, 5.74) is 3.14. The van der Waals surface area contributed by atoms with Gasteiger partial charge in [0.15, 0.2) is 5.11 Å². The van der Waals surface area contributed by atoms with Crippen LogP contribution in [-0.4, -0.2) is 21.8 Å². The van der Waals surface area contributed by atoms with E-state index in [2.05, 4.69) is 44.2 Å². The van der Waals surface area contributed by atoms with Crippen LogP contribution in [-0.2, 0) is 0 Å². The molecule has 5 rings (SSSR count). The summed E-state index contributed by atoms with van der Waals surface area (Å²) in [6, 6.07) is 16.6. The highest BCUT2D eigenvalue weighted by atomic mass is 35.5. The van der Waals surface area contributed by atoms with Gasteiger partial charge in [-0.3, -0.25) is 4.98 Å². The van der Waals surface area contributed by atoms with Crippen molar-refractivity contribution in [3.05, 3.63) is 77.3 Å². The van der Waals surface area contributed by atoms with Crippen LogP contribution in [0.3, 0.4) is 0 Å². The molecule has 1 aliphatic heterocycles. The second kappa shape index (κ2) is 8.52. The zero-order valence-corrected chi connectivity index (χ0v) is 18.9. The molecule has 31 heavy (non-hydrogen) atoms. The first-order valence-corrected chi connectivity index (χ1v) is 11.5. The van der Waals surface area contributed by atoms with E-state index in [1.54, 1.807) is 7.11 Å². The van der Waals surface area contributed by atoms with Gasteiger partial charge in [-0.15, -0.1) is 0 Å². The molecule has 3 heterocycles. The van der Waals surface area contributed by atoms with E-state index in [0.717, 1.165) is 11.4 Å². The molecule has 2 fully saturated rings. The maximum Gasteiger partial charge on any atom is 0.174 e. The molecule has 1 N–H and O–H groups in total. The van der Waals surface area contributed by atoms with Gasteiger partial charge >= 0.3 is 0 Å². The normalized spacial score (nSPS) is 21.5. The quantitative estimate of drug-likeness (QED) is 0.493. The Balaban J connectivity index is 1.62. The lowest BCUT2D eigenvalue weighted by Gasteiger charge is -2.30. The number of benzene rings is 1. The van der Waals surface area contributed by atoms with Crippen molar-refractivity contribution >= 4 is 34.6 Å². The summed E-state index contributed by atoms with van der Waals surface area (Å²) in [4.78, 5) is 6.82. The molecule has 1 saturated carbocycles. The number of hydrogen-bond donors (Lipinski definition) is 1. The largest absolute Gasteiger partial charge is 0.495 e. The van der Waals surface area contributed by atoms with Gasteiger partial charge in [0.2, 0.25) is 0 Å². The van der Waals surface area contributed by atoms with Crippen LogP contribution in [0.4, 0.5) is 5.69 Å². The second-order valence-electron chi connectivity index (χ2n) is 8.09. The van der Waals surface area contributed by atoms with Crippen molar-refractivity contribution in [2.24, 2.45) is 0 Å². The molecule has 2 aliphatic rings. The molecule has 0 bridgehead atoms. The molecule has 3 aromatic rings. The smallest absolute Gasteiger partial charge is 0.174 e. The van der Waals surface area contributed by atoms with Gasteiger partial charge in [0.25, 0.3) is 0 Å². The number of ether oxygens (including phenoxy) is 1. The van der Waals surface area contributed by atoms with Crippen LogP contribution in [0.5, 0.6) is 5.75 Å². The number of thiocarbonyl (C=S) groups is 1. The number of aromatic nitrogens is 2. The summed E-state index contributed by atoms with van der Waals surface area (Å²) in [6.45, 7) is 0. The number of pyridine rings is 1. The number of halogens is 1. The van der Waals surface area contributed by atoms with E-state index in [9.17, 15) is 0 Å². The van der Waals surface area contributed by atoms with E-state index in [1.807, 2.05) is 36.5 Å². The Kier molecular flexibility index (Phi) is 5.59. The van der Waals surface area contributed by atoms with E-state index in [4.69, 9.17) is 28.6 Å². The zero-order valence-electron chi connectivity index (χ0n) is 17.4. The molecular formula is C24H25ClN4OS. The molecule has 160 valence electrons. The van der Waals surface area contributed by atoms with E-state index in [0.29, 0.717) is 21.9 Å². The lowest BCUT2D eigenvalue weighted by atomic mass is 10.00. The van der Waals surface area contributed by atoms with Crippen LogP contribution >= 0.6 is 23.8 Å². The van der Waals surface area contributed by atoms with E-state index in [-0.39, 0.29) is 12.1 Å². The molecule has 5 nitrogen and oxygen atoms in total. The molecule has 0 radical (unpaired) electrons. The van der Waals surface area contributed by atoms with Gasteiger partial charge in [-0.05, 0) is 67.5 Å². The highest BCUT2D eigenvalue weighted by molar-refractivity contribution is 7.80. The minimum absolute atomic E-state index is 0.0394. The van der Waals surface area contributed by atoms with Crippen LogP contribution in [0.15, 0.2) is 60.9 Å². The lowest BCUT2D eigenvalue weighted by Crippen LogP contribution is -2.30. The Bertz CT molecular complexity index is 1080. The number of nitrogens with zero attached hydrogens (tertiary/aromatic N) is 3. The van der Waals surface area contributed by atoms with Crippen LogP contribution < -0.4 is 15.0 Å². The third kappa shape index (κ3) is 3.68. The first-order chi connectivity index (χ1) is 15.2. The molecule has 0 amide bonds. The van der Waals surface area contributed by atoms with Crippen molar-refractivity contribution in [1.29, 1.82) is 0 Å². The summed E-state index contributed by atoms with van der Waals surface area (Å²) < 4.78 is 7.80. The molecule has 1 aliphatic carbocycles. The molecule has 1 saturated heterocycles. The second-order valence-corrected chi connectivity index (χ2v) is 8.89. The van der Waals surface area contributed by atoms with Crippen molar-refractivity contribution in [1.82, 2.24) is 14.9 Å². The Morgan fingerprint density at radius 3 is 2.68 bits per heavy atom. The predicted molar refractivity (Wildman–Crippen MR) is 128 cm³/mol. The SMILES string of the molecule is COc1ccc(N2C(=S)N[C@H](c3ccccn3)[C@@H]2c2cccn2C2CCCC2)cc1Cl. The first kappa shape index (κ1) is 20.3. The van der Waals surface area contributed by atoms with E-state index >= 15 is 0 Å². The van der Waals surface area contributed by atoms with Gasteiger partial charge in [0.05, 0.1) is 23.9 Å². The maximum absolute atomic E-state index is 6.48. The standard InChI is InChI=1S/C24H25ClN4OS/c1-30-21-12-11-17(15-18(21)25)29-23(20-10-6-14-28(20)16-7-2-3-8-16)22(27-24(29)31)19-9-4-5-13-26-19/h4-6,9-16,22-23H,2-3,7-8H2,1H3,(H,27,31)/t22-,23+/m1/s1. The van der Waals surface area contributed by atoms with Gasteiger partial charge in [-0.2, -0.15) is 0 Å². The molecule has 1 aromatic carbocycles. The summed E-state index contributed by atoms with van der Waals surface area (Å²) in [5.74, 6) is 0.649. The highest BCUT2D eigenvalue weighted by Crippen LogP contribution is 2.44. The summed E-state index contributed by atoms with van der Waals surface area (Å²) in [6.07, 6.45) is 9.04. The number of anilines is 1. The average molecular weight is 453 g/mol. The van der Waals surface area contributed by atoms with Crippen molar-refractivity contribution in [3.63, 3.8) is 0 Å². The first-order valence-electron chi connectivity index (χ1n) is 10.7. The van der Waals surface area contributed by atoms with Crippen LogP contribution in [0.1, 0.15) is 55.2 Å². The van der Waals surface area contributed by atoms with Crippen molar-refractivity contribution < 1.29 is 4.74 Å². The highest BCUT2D eigenvalue weighted by Gasteiger charge is 2.42. The third-order valence-corrected chi connectivity index (χ3v) is 6.95. The fourth-order valence-electron chi connectivity index (χ4n) is 4.91. The van der Waals surface area contributed by atoms with E-state index < -0.39 is 0 Å². The van der Waals surface area contributed by atoms with Gasteiger partial charge in [0, 0.05) is 29.8 Å². The van der Waals surface area contributed by atoms with Crippen molar-refractivity contribution in [2.75, 3.05) is 12.0 Å². The Hall–Kier alpha value is -2.57. The van der Waals surface area contributed by atoms with Crippen LogP contribution in [0, 0.1) is 0 Å². The predicted octanol–water partition coefficient (Wildman–Crippen LogP) is 5.84. The van der Waals surface area contributed by atoms with Gasteiger partial charge in [-0.1, -0.05) is 30.5 Å². The number of rotatable bonds is 5. The minimum Gasteiger partial charge on any atom is -0.495 e. The minimum atomic E-state index is -0.0652. The molecule has 2 atom stereocenters. The molecule has 0 spiro atoms. The third-order valence-electron chi connectivity index (χ3n) is 6.34. The van der Waals surface area contributed by atoms with Gasteiger partial charge in [-0.25, -0.2) is 0 Å². The topological polar surface area (TPSA) is 42.3 Å².